The molecule has 3 aliphatic carbocycles. The van der Waals surface area contributed by atoms with E-state index in [1.807, 2.05) is 13.8 Å². The van der Waals surface area contributed by atoms with Crippen molar-refractivity contribution in [3.8, 4) is 0 Å². The summed E-state index contributed by atoms with van der Waals surface area (Å²) in [6.45, 7) is 8.91. The van der Waals surface area contributed by atoms with Crippen LogP contribution in [-0.2, 0) is 0 Å². The summed E-state index contributed by atoms with van der Waals surface area (Å²) in [5.41, 5.74) is 3.52. The van der Waals surface area contributed by atoms with Gasteiger partial charge in [0.05, 0.1) is 5.60 Å². The third-order valence-corrected chi connectivity index (χ3v) is 8.09. The first kappa shape index (κ1) is 21.2. The second kappa shape index (κ2) is 8.85. The Balaban J connectivity index is 1.60. The maximum atomic E-state index is 9.95. The normalized spacial score (nSPS) is 37.7. The molecule has 0 amide bonds. The molecule has 3 unspecified atom stereocenters. The SMILES string of the molecule is C[C@H]1CCC/C(=C/C=C2\CCCC3(C)C(CCCCC(C)(C)O)CCC23)C1. The Labute approximate surface area is 168 Å². The fourth-order valence-corrected chi connectivity index (χ4v) is 6.47. The molecule has 0 radical (unpaired) electrons. The van der Waals surface area contributed by atoms with Gasteiger partial charge in [-0.15, -0.1) is 0 Å². The molecule has 4 atom stereocenters. The van der Waals surface area contributed by atoms with Crippen LogP contribution in [0.3, 0.4) is 0 Å². The molecule has 1 nitrogen and oxygen atoms in total. The Morgan fingerprint density at radius 1 is 1.07 bits per heavy atom. The quantitative estimate of drug-likeness (QED) is 0.476. The number of unbranched alkanes of at least 4 members (excludes halogenated alkanes) is 1. The zero-order chi connectivity index (χ0) is 19.5. The molecule has 3 rings (SSSR count). The van der Waals surface area contributed by atoms with E-state index in [-0.39, 0.29) is 0 Å². The average molecular weight is 373 g/mol. The van der Waals surface area contributed by atoms with Gasteiger partial charge in [0.25, 0.3) is 0 Å². The smallest absolute Gasteiger partial charge is 0.0591 e. The van der Waals surface area contributed by atoms with Gasteiger partial charge in [0.15, 0.2) is 0 Å². The standard InChI is InChI=1S/C26H44O/c1-20-9-7-10-21(19-20)13-14-22-11-8-18-26(4)23(15-16-24(22)26)12-5-6-17-25(2,3)27/h13-14,20,23-24,27H,5-12,15-19H2,1-4H3/b21-13-,22-14+/t20-,23?,24?,26?/m0/s1. The lowest BCUT2D eigenvalue weighted by molar-refractivity contribution is 0.0660. The molecule has 27 heavy (non-hydrogen) atoms. The first-order valence-corrected chi connectivity index (χ1v) is 11.9. The van der Waals surface area contributed by atoms with E-state index in [0.717, 1.165) is 24.2 Å². The van der Waals surface area contributed by atoms with Gasteiger partial charge >= 0.3 is 0 Å². The Morgan fingerprint density at radius 2 is 1.89 bits per heavy atom. The number of fused-ring (bicyclic) bond motifs is 1. The van der Waals surface area contributed by atoms with Crippen molar-refractivity contribution >= 4 is 0 Å². The summed E-state index contributed by atoms with van der Waals surface area (Å²) in [4.78, 5) is 0. The fraction of sp³-hybridized carbons (Fsp3) is 0.846. The van der Waals surface area contributed by atoms with Crippen LogP contribution in [0, 0.1) is 23.2 Å². The molecular formula is C26H44O. The number of rotatable bonds is 6. The van der Waals surface area contributed by atoms with Crippen LogP contribution in [-0.4, -0.2) is 10.7 Å². The molecule has 0 aromatic rings. The Morgan fingerprint density at radius 3 is 2.63 bits per heavy atom. The van der Waals surface area contributed by atoms with Crippen LogP contribution in [0.25, 0.3) is 0 Å². The minimum absolute atomic E-state index is 0.493. The zero-order valence-electron chi connectivity index (χ0n) is 18.5. The Bertz CT molecular complexity index is 549. The second-order valence-electron chi connectivity index (χ2n) is 11.0. The van der Waals surface area contributed by atoms with Gasteiger partial charge in [-0.2, -0.15) is 0 Å². The molecule has 0 aromatic heterocycles. The van der Waals surface area contributed by atoms with E-state index >= 15 is 0 Å². The van der Waals surface area contributed by atoms with Crippen molar-refractivity contribution in [3.05, 3.63) is 23.3 Å². The second-order valence-corrected chi connectivity index (χ2v) is 11.0. The maximum absolute atomic E-state index is 9.95. The van der Waals surface area contributed by atoms with E-state index in [4.69, 9.17) is 0 Å². The highest BCUT2D eigenvalue weighted by Gasteiger charge is 2.48. The number of hydrogen-bond acceptors (Lipinski definition) is 1. The Kier molecular flexibility index (Phi) is 6.93. The van der Waals surface area contributed by atoms with Crippen LogP contribution >= 0.6 is 0 Å². The van der Waals surface area contributed by atoms with E-state index in [2.05, 4.69) is 26.0 Å². The predicted octanol–water partition coefficient (Wildman–Crippen LogP) is 7.60. The lowest BCUT2D eigenvalue weighted by Gasteiger charge is -2.42. The zero-order valence-corrected chi connectivity index (χ0v) is 18.5. The third-order valence-electron chi connectivity index (χ3n) is 8.09. The number of hydrogen-bond donors (Lipinski definition) is 1. The van der Waals surface area contributed by atoms with Gasteiger partial charge in [-0.25, -0.2) is 0 Å². The molecule has 154 valence electrons. The summed E-state index contributed by atoms with van der Waals surface area (Å²) < 4.78 is 0. The molecule has 3 fully saturated rings. The van der Waals surface area contributed by atoms with Crippen LogP contribution in [0.5, 0.6) is 0 Å². The van der Waals surface area contributed by atoms with Gasteiger partial charge in [0.1, 0.15) is 0 Å². The van der Waals surface area contributed by atoms with Gasteiger partial charge in [0.2, 0.25) is 0 Å². The maximum Gasteiger partial charge on any atom is 0.0591 e. The van der Waals surface area contributed by atoms with Crippen molar-refractivity contribution in [1.29, 1.82) is 0 Å². The van der Waals surface area contributed by atoms with Crippen LogP contribution in [0.4, 0.5) is 0 Å². The van der Waals surface area contributed by atoms with E-state index in [1.54, 1.807) is 11.1 Å². The van der Waals surface area contributed by atoms with Crippen molar-refractivity contribution in [1.82, 2.24) is 0 Å². The average Bonchev–Trinajstić information content (AvgIpc) is 2.93. The van der Waals surface area contributed by atoms with E-state index in [9.17, 15) is 5.11 Å². The first-order chi connectivity index (χ1) is 12.8. The first-order valence-electron chi connectivity index (χ1n) is 11.9. The summed E-state index contributed by atoms with van der Waals surface area (Å²) in [5.74, 6) is 2.62. The van der Waals surface area contributed by atoms with Crippen molar-refractivity contribution in [2.24, 2.45) is 23.2 Å². The van der Waals surface area contributed by atoms with Gasteiger partial charge in [-0.3, -0.25) is 0 Å². The topological polar surface area (TPSA) is 20.2 Å². The van der Waals surface area contributed by atoms with Gasteiger partial charge in [-0.1, -0.05) is 56.4 Å². The molecular weight excluding hydrogens is 328 g/mol. The molecule has 1 N–H and O–H groups in total. The van der Waals surface area contributed by atoms with Crippen LogP contribution in [0.15, 0.2) is 23.3 Å². The molecule has 0 spiro atoms. The molecule has 3 saturated carbocycles. The molecule has 1 heteroatoms. The van der Waals surface area contributed by atoms with E-state index < -0.39 is 5.60 Å². The predicted molar refractivity (Wildman–Crippen MR) is 117 cm³/mol. The third kappa shape index (κ3) is 5.49. The lowest BCUT2D eigenvalue weighted by Crippen LogP contribution is -2.33. The van der Waals surface area contributed by atoms with Crippen LogP contribution in [0.2, 0.25) is 0 Å². The van der Waals surface area contributed by atoms with Crippen molar-refractivity contribution < 1.29 is 5.11 Å². The molecule has 0 heterocycles. The molecule has 0 aliphatic heterocycles. The molecule has 3 aliphatic rings. The largest absolute Gasteiger partial charge is 0.390 e. The van der Waals surface area contributed by atoms with Crippen molar-refractivity contribution in [2.75, 3.05) is 0 Å². The molecule has 0 saturated heterocycles. The summed E-state index contributed by atoms with van der Waals surface area (Å²) in [7, 11) is 0. The Hall–Kier alpha value is -0.560. The minimum Gasteiger partial charge on any atom is -0.390 e. The van der Waals surface area contributed by atoms with Crippen LogP contribution in [0.1, 0.15) is 111 Å². The summed E-state index contributed by atoms with van der Waals surface area (Å²) >= 11 is 0. The minimum atomic E-state index is -0.493. The summed E-state index contributed by atoms with van der Waals surface area (Å²) in [6.07, 6.45) is 22.3. The van der Waals surface area contributed by atoms with E-state index in [0.29, 0.717) is 5.41 Å². The highest BCUT2D eigenvalue weighted by atomic mass is 16.3. The monoisotopic (exact) mass is 372 g/mol. The highest BCUT2D eigenvalue weighted by Crippen LogP contribution is 2.58. The fourth-order valence-electron chi connectivity index (χ4n) is 6.47. The number of allylic oxidation sites excluding steroid dienone is 4. The summed E-state index contributed by atoms with van der Waals surface area (Å²) in [5, 5.41) is 9.95. The summed E-state index contributed by atoms with van der Waals surface area (Å²) in [6, 6.07) is 0. The van der Waals surface area contributed by atoms with E-state index in [1.165, 1.54) is 77.0 Å². The van der Waals surface area contributed by atoms with Gasteiger partial charge in [-0.05, 0) is 101 Å². The van der Waals surface area contributed by atoms with Gasteiger partial charge < -0.3 is 5.11 Å². The number of aliphatic hydroxyl groups is 1. The van der Waals surface area contributed by atoms with Crippen molar-refractivity contribution in [2.45, 2.75) is 117 Å². The van der Waals surface area contributed by atoms with Crippen LogP contribution < -0.4 is 0 Å². The molecule has 0 aromatic carbocycles. The molecule has 0 bridgehead atoms. The lowest BCUT2D eigenvalue weighted by atomic mass is 9.62. The van der Waals surface area contributed by atoms with Crippen molar-refractivity contribution in [3.63, 3.8) is 0 Å². The van der Waals surface area contributed by atoms with Gasteiger partial charge in [0, 0.05) is 0 Å². The highest BCUT2D eigenvalue weighted by molar-refractivity contribution is 5.25.